The Morgan fingerprint density at radius 3 is 2.83 bits per heavy atom. The van der Waals surface area contributed by atoms with Crippen LogP contribution in [0.3, 0.4) is 0 Å². The van der Waals surface area contributed by atoms with Gasteiger partial charge in [-0.1, -0.05) is 29.3 Å². The van der Waals surface area contributed by atoms with Gasteiger partial charge < -0.3 is 5.73 Å². The van der Waals surface area contributed by atoms with Crippen LogP contribution >= 0.6 is 15.9 Å². The number of sulfonamides is 1. The average molecular weight is 333 g/mol. The van der Waals surface area contributed by atoms with Gasteiger partial charge in [-0.05, 0) is 37.0 Å². The number of nitrogens with two attached hydrogens (primary N) is 1. The van der Waals surface area contributed by atoms with Gasteiger partial charge in [0, 0.05) is 10.5 Å². The van der Waals surface area contributed by atoms with E-state index >= 15 is 0 Å². The van der Waals surface area contributed by atoms with Crippen molar-refractivity contribution in [3.8, 4) is 0 Å². The quantitative estimate of drug-likeness (QED) is 0.813. The highest BCUT2D eigenvalue weighted by Crippen LogP contribution is 2.36. The first-order valence-corrected chi connectivity index (χ1v) is 8.29. The number of nitrogens with one attached hydrogen (secondary N) is 1. The van der Waals surface area contributed by atoms with Gasteiger partial charge in [0.05, 0.1) is 5.69 Å². The predicted molar refractivity (Wildman–Crippen MR) is 75.7 cm³/mol. The third kappa shape index (κ3) is 3.05. The van der Waals surface area contributed by atoms with Gasteiger partial charge >= 0.3 is 0 Å². The average Bonchev–Trinajstić information content (AvgIpc) is 2.95. The summed E-state index contributed by atoms with van der Waals surface area (Å²) in [4.78, 5) is 0.160. The Morgan fingerprint density at radius 1 is 1.50 bits per heavy atom. The van der Waals surface area contributed by atoms with Gasteiger partial charge in [0.1, 0.15) is 4.90 Å². The molecule has 1 fully saturated rings. The molecule has 0 spiro atoms. The van der Waals surface area contributed by atoms with Crippen molar-refractivity contribution in [2.75, 3.05) is 5.73 Å². The molecule has 0 aromatic heterocycles. The van der Waals surface area contributed by atoms with Gasteiger partial charge in [0.15, 0.2) is 0 Å². The molecule has 100 valence electrons. The SMILES string of the molecule is CCCC1CC1NS(=O)(=O)c1ccc(Br)cc1N. The normalized spacial score (nSPS) is 23.0. The minimum absolute atomic E-state index is 0.0815. The largest absolute Gasteiger partial charge is 0.398 e. The highest BCUT2D eigenvalue weighted by atomic mass is 79.9. The van der Waals surface area contributed by atoms with Gasteiger partial charge in [-0.15, -0.1) is 0 Å². The molecule has 2 unspecified atom stereocenters. The summed E-state index contributed by atoms with van der Waals surface area (Å²) in [6, 6.07) is 4.89. The number of anilines is 1. The Kier molecular flexibility index (Phi) is 3.99. The van der Waals surface area contributed by atoms with Crippen molar-refractivity contribution in [3.05, 3.63) is 22.7 Å². The zero-order chi connectivity index (χ0) is 13.3. The van der Waals surface area contributed by atoms with Crippen LogP contribution in [0.2, 0.25) is 0 Å². The van der Waals surface area contributed by atoms with Crippen LogP contribution in [0.5, 0.6) is 0 Å². The molecule has 0 bridgehead atoms. The molecule has 0 aliphatic heterocycles. The Hall–Kier alpha value is -0.590. The minimum atomic E-state index is -3.49. The molecule has 2 atom stereocenters. The maximum absolute atomic E-state index is 12.2. The summed E-state index contributed by atoms with van der Waals surface area (Å²) in [5.41, 5.74) is 6.02. The topological polar surface area (TPSA) is 72.2 Å². The van der Waals surface area contributed by atoms with Crippen molar-refractivity contribution in [1.82, 2.24) is 4.72 Å². The van der Waals surface area contributed by atoms with Crippen molar-refractivity contribution >= 4 is 31.6 Å². The van der Waals surface area contributed by atoms with E-state index in [4.69, 9.17) is 5.73 Å². The van der Waals surface area contributed by atoms with E-state index < -0.39 is 10.0 Å². The molecule has 0 saturated heterocycles. The lowest BCUT2D eigenvalue weighted by Crippen LogP contribution is -2.27. The first-order valence-electron chi connectivity index (χ1n) is 6.01. The van der Waals surface area contributed by atoms with Crippen molar-refractivity contribution in [2.24, 2.45) is 5.92 Å². The van der Waals surface area contributed by atoms with Crippen molar-refractivity contribution in [2.45, 2.75) is 37.1 Å². The van der Waals surface area contributed by atoms with E-state index in [1.54, 1.807) is 12.1 Å². The van der Waals surface area contributed by atoms with Gasteiger partial charge in [0.25, 0.3) is 0 Å². The van der Waals surface area contributed by atoms with Crippen LogP contribution in [-0.2, 0) is 10.0 Å². The van der Waals surface area contributed by atoms with Crippen LogP contribution in [0.25, 0.3) is 0 Å². The van der Waals surface area contributed by atoms with E-state index in [1.165, 1.54) is 6.07 Å². The van der Waals surface area contributed by atoms with Crippen LogP contribution in [0.1, 0.15) is 26.2 Å². The van der Waals surface area contributed by atoms with Crippen molar-refractivity contribution in [3.63, 3.8) is 0 Å². The summed E-state index contributed by atoms with van der Waals surface area (Å²) in [7, 11) is -3.49. The number of nitrogen functional groups attached to an aromatic ring is 1. The smallest absolute Gasteiger partial charge is 0.242 e. The predicted octanol–water partition coefficient (Wildman–Crippen LogP) is 2.50. The van der Waals surface area contributed by atoms with Crippen molar-refractivity contribution in [1.29, 1.82) is 0 Å². The molecule has 6 heteroatoms. The maximum atomic E-state index is 12.2. The van der Waals surface area contributed by atoms with Crippen molar-refractivity contribution < 1.29 is 8.42 Å². The molecule has 0 radical (unpaired) electrons. The van der Waals surface area contributed by atoms with Crippen LogP contribution in [0.15, 0.2) is 27.6 Å². The summed E-state index contributed by atoms with van der Waals surface area (Å²) in [6.45, 7) is 2.11. The van der Waals surface area contributed by atoms with Crippen LogP contribution in [0.4, 0.5) is 5.69 Å². The zero-order valence-corrected chi connectivity index (χ0v) is 12.6. The molecule has 2 rings (SSSR count). The summed E-state index contributed by atoms with van der Waals surface area (Å²) >= 11 is 3.26. The molecular formula is C12H17BrN2O2S. The molecule has 1 aromatic carbocycles. The first kappa shape index (κ1) is 13.8. The fraction of sp³-hybridized carbons (Fsp3) is 0.500. The van der Waals surface area contributed by atoms with E-state index in [0.29, 0.717) is 5.92 Å². The molecule has 1 aliphatic rings. The van der Waals surface area contributed by atoms with Crippen LogP contribution in [-0.4, -0.2) is 14.5 Å². The highest BCUT2D eigenvalue weighted by molar-refractivity contribution is 9.10. The molecule has 0 amide bonds. The number of rotatable bonds is 5. The van der Waals surface area contributed by atoms with Gasteiger partial charge in [-0.2, -0.15) is 0 Å². The Morgan fingerprint density at radius 2 is 2.22 bits per heavy atom. The molecule has 4 nitrogen and oxygen atoms in total. The zero-order valence-electron chi connectivity index (χ0n) is 10.2. The second-order valence-electron chi connectivity index (χ2n) is 4.69. The summed E-state index contributed by atoms with van der Waals surface area (Å²) in [5, 5.41) is 0. The molecule has 0 heterocycles. The number of hydrogen-bond donors (Lipinski definition) is 2. The maximum Gasteiger partial charge on any atom is 0.242 e. The highest BCUT2D eigenvalue weighted by Gasteiger charge is 2.39. The Labute approximate surface area is 116 Å². The third-order valence-corrected chi connectivity index (χ3v) is 5.21. The van der Waals surface area contributed by atoms with E-state index in [0.717, 1.165) is 23.7 Å². The standard InChI is InChI=1S/C12H17BrN2O2S/c1-2-3-8-6-11(8)15-18(16,17)12-5-4-9(13)7-10(12)14/h4-5,7-8,11,15H,2-3,6,14H2,1H3. The monoisotopic (exact) mass is 332 g/mol. The molecule has 3 N–H and O–H groups in total. The molecule has 1 aliphatic carbocycles. The summed E-state index contributed by atoms with van der Waals surface area (Å²) < 4.78 is 27.8. The second kappa shape index (κ2) is 5.19. The first-order chi connectivity index (χ1) is 8.44. The van der Waals surface area contributed by atoms with E-state index in [9.17, 15) is 8.42 Å². The number of benzene rings is 1. The molecule has 1 saturated carbocycles. The number of hydrogen-bond acceptors (Lipinski definition) is 3. The Bertz CT molecular complexity index is 545. The summed E-state index contributed by atoms with van der Waals surface area (Å²) in [5.74, 6) is 0.487. The fourth-order valence-electron chi connectivity index (χ4n) is 2.11. The van der Waals surface area contributed by atoms with Crippen LogP contribution in [0, 0.1) is 5.92 Å². The Balaban J connectivity index is 2.12. The number of halogens is 1. The minimum Gasteiger partial charge on any atom is -0.398 e. The molecule has 1 aromatic rings. The lowest BCUT2D eigenvalue weighted by molar-refractivity contribution is 0.573. The van der Waals surface area contributed by atoms with E-state index in [1.807, 2.05) is 0 Å². The lowest BCUT2D eigenvalue weighted by Gasteiger charge is -2.09. The van der Waals surface area contributed by atoms with Gasteiger partial charge in [-0.3, -0.25) is 0 Å². The van der Waals surface area contributed by atoms with Gasteiger partial charge in [0.2, 0.25) is 10.0 Å². The lowest BCUT2D eigenvalue weighted by atomic mass is 10.2. The third-order valence-electron chi connectivity index (χ3n) is 3.15. The fourth-order valence-corrected chi connectivity index (χ4v) is 3.92. The van der Waals surface area contributed by atoms with Crippen LogP contribution < -0.4 is 10.5 Å². The summed E-state index contributed by atoms with van der Waals surface area (Å²) in [6.07, 6.45) is 3.09. The molecular weight excluding hydrogens is 316 g/mol. The van der Waals surface area contributed by atoms with E-state index in [2.05, 4.69) is 27.6 Å². The van der Waals surface area contributed by atoms with Gasteiger partial charge in [-0.25, -0.2) is 13.1 Å². The van der Waals surface area contributed by atoms with E-state index in [-0.39, 0.29) is 16.6 Å². The molecule has 18 heavy (non-hydrogen) atoms. The second-order valence-corrected chi connectivity index (χ2v) is 7.29.